The van der Waals surface area contributed by atoms with Gasteiger partial charge in [0.05, 0.1) is 51.3 Å². The molecular formula is C24H26Cl2F3N4O4S+. The number of alkyl halides is 3. The summed E-state index contributed by atoms with van der Waals surface area (Å²) < 4.78 is 68.3. The normalized spacial score (nSPS) is 17.0. The van der Waals surface area contributed by atoms with Gasteiger partial charge in [0.25, 0.3) is 5.56 Å². The highest BCUT2D eigenvalue weighted by Crippen LogP contribution is 2.39. The van der Waals surface area contributed by atoms with Crippen LogP contribution in [-0.4, -0.2) is 47.8 Å². The Labute approximate surface area is 226 Å². The molecule has 2 aromatic carbocycles. The monoisotopic (exact) mass is 593 g/mol. The van der Waals surface area contributed by atoms with E-state index >= 15 is 0 Å². The van der Waals surface area contributed by atoms with E-state index in [0.717, 1.165) is 12.8 Å². The lowest BCUT2D eigenvalue weighted by atomic mass is 10.0. The lowest BCUT2D eigenvalue weighted by molar-refractivity contribution is -0.377. The zero-order valence-corrected chi connectivity index (χ0v) is 22.7. The highest BCUT2D eigenvalue weighted by molar-refractivity contribution is 7.91. The van der Waals surface area contributed by atoms with E-state index in [4.69, 9.17) is 23.2 Å². The van der Waals surface area contributed by atoms with Crippen LogP contribution in [0, 0.1) is 0 Å². The molecule has 4 N–H and O–H groups in total. The maximum atomic E-state index is 14.2. The first-order chi connectivity index (χ1) is 17.8. The molecule has 1 unspecified atom stereocenters. The molecule has 8 nitrogen and oxygen atoms in total. The third-order valence-electron chi connectivity index (χ3n) is 6.89. The molecule has 3 aromatic rings. The molecular weight excluding hydrogens is 568 g/mol. The van der Waals surface area contributed by atoms with Gasteiger partial charge in [-0.15, -0.1) is 0 Å². The van der Waals surface area contributed by atoms with Crippen LogP contribution in [0.25, 0.3) is 10.9 Å². The number of quaternary nitrogens is 1. The molecule has 1 fully saturated rings. The molecule has 4 rings (SSSR count). The van der Waals surface area contributed by atoms with E-state index in [1.54, 1.807) is 0 Å². The minimum atomic E-state index is -4.82. The maximum absolute atomic E-state index is 14.2. The molecule has 0 spiro atoms. The fourth-order valence-corrected chi connectivity index (χ4v) is 6.49. The fraction of sp³-hybridized carbons (Fsp3) is 0.417. The van der Waals surface area contributed by atoms with Crippen molar-refractivity contribution >= 4 is 43.9 Å². The third kappa shape index (κ3) is 5.37. The van der Waals surface area contributed by atoms with E-state index in [9.17, 15) is 31.2 Å². The lowest BCUT2D eigenvalue weighted by Gasteiger charge is -2.25. The molecule has 0 bridgehead atoms. The quantitative estimate of drug-likeness (QED) is 0.436. The van der Waals surface area contributed by atoms with Gasteiger partial charge < -0.3 is 10.7 Å². The summed E-state index contributed by atoms with van der Waals surface area (Å²) >= 11 is 12.5. The van der Waals surface area contributed by atoms with Crippen LogP contribution in [0.1, 0.15) is 36.5 Å². The van der Waals surface area contributed by atoms with Crippen molar-refractivity contribution in [2.75, 3.05) is 18.8 Å². The number of nitrogens with zero attached hydrogens (tertiary/aromatic N) is 2. The SMILES string of the molecule is CCS(=O)(=O)c1ccc(Cl)cc1Cn1c(=O)[nH]c2c(Cl)c(CN3CCCC3C[NH3+])c(C(F)(F)F)cc2c1=O. The summed E-state index contributed by atoms with van der Waals surface area (Å²) in [5, 5.41) is -0.638. The second kappa shape index (κ2) is 10.6. The molecule has 0 saturated carbocycles. The molecule has 14 heteroatoms. The van der Waals surface area contributed by atoms with Crippen LogP contribution in [0.2, 0.25) is 10.0 Å². The van der Waals surface area contributed by atoms with Crippen molar-refractivity contribution in [2.24, 2.45) is 0 Å². The Kier molecular flexibility index (Phi) is 8.02. The van der Waals surface area contributed by atoms with Gasteiger partial charge in [0.1, 0.15) is 0 Å². The first kappa shape index (κ1) is 28.6. The predicted octanol–water partition coefficient (Wildman–Crippen LogP) is 3.06. The number of aromatic nitrogens is 2. The number of sulfone groups is 1. The lowest BCUT2D eigenvalue weighted by Crippen LogP contribution is -2.58. The van der Waals surface area contributed by atoms with Gasteiger partial charge in [-0.2, -0.15) is 13.2 Å². The summed E-state index contributed by atoms with van der Waals surface area (Å²) in [6.07, 6.45) is -3.21. The van der Waals surface area contributed by atoms with Crippen LogP contribution in [0.3, 0.4) is 0 Å². The highest BCUT2D eigenvalue weighted by Gasteiger charge is 2.37. The molecule has 1 aliphatic heterocycles. The van der Waals surface area contributed by atoms with E-state index in [0.29, 0.717) is 23.7 Å². The zero-order chi connectivity index (χ0) is 28.0. The molecule has 206 valence electrons. The average Bonchev–Trinajstić information content (AvgIpc) is 3.30. The van der Waals surface area contributed by atoms with E-state index in [-0.39, 0.29) is 49.9 Å². The van der Waals surface area contributed by atoms with Crippen LogP contribution >= 0.6 is 23.2 Å². The Bertz CT molecular complexity index is 1620. The van der Waals surface area contributed by atoms with Crippen molar-refractivity contribution in [3.8, 4) is 0 Å². The first-order valence-electron chi connectivity index (χ1n) is 11.9. The first-order valence-corrected chi connectivity index (χ1v) is 14.3. The largest absolute Gasteiger partial charge is 0.416 e. The number of fused-ring (bicyclic) bond motifs is 1. The summed E-state index contributed by atoms with van der Waals surface area (Å²) in [5.74, 6) is -0.246. The van der Waals surface area contributed by atoms with Gasteiger partial charge in [-0.1, -0.05) is 30.1 Å². The Morgan fingerprint density at radius 1 is 1.16 bits per heavy atom. The number of likely N-dealkylation sites (tertiary alicyclic amines) is 1. The van der Waals surface area contributed by atoms with Crippen LogP contribution in [-0.2, 0) is 29.1 Å². The summed E-state index contributed by atoms with van der Waals surface area (Å²) in [6, 6.07) is 4.62. The number of hydrogen-bond donors (Lipinski definition) is 2. The topological polar surface area (TPSA) is 120 Å². The minimum absolute atomic E-state index is 0.00110. The molecule has 1 aliphatic rings. The molecule has 0 amide bonds. The van der Waals surface area contributed by atoms with Gasteiger partial charge in [0, 0.05) is 11.6 Å². The van der Waals surface area contributed by atoms with Gasteiger partial charge in [-0.3, -0.25) is 14.3 Å². The number of aromatic amines is 1. The Morgan fingerprint density at radius 2 is 1.87 bits per heavy atom. The number of H-pyrrole nitrogens is 1. The number of hydrogen-bond acceptors (Lipinski definition) is 5. The summed E-state index contributed by atoms with van der Waals surface area (Å²) in [5.41, 5.74) is 0.416. The molecule has 1 saturated heterocycles. The minimum Gasteiger partial charge on any atom is -0.356 e. The number of nitrogens with one attached hydrogen (secondary N) is 1. The number of benzene rings is 2. The second-order valence-electron chi connectivity index (χ2n) is 9.17. The van der Waals surface area contributed by atoms with Crippen molar-refractivity contribution in [3.63, 3.8) is 0 Å². The van der Waals surface area contributed by atoms with Gasteiger partial charge in [-0.25, -0.2) is 13.2 Å². The van der Waals surface area contributed by atoms with Crippen molar-refractivity contribution in [1.82, 2.24) is 14.5 Å². The van der Waals surface area contributed by atoms with Crippen molar-refractivity contribution in [2.45, 2.75) is 50.0 Å². The number of halogens is 5. The molecule has 2 heterocycles. The number of rotatable bonds is 7. The van der Waals surface area contributed by atoms with Crippen molar-refractivity contribution in [3.05, 3.63) is 71.8 Å². The van der Waals surface area contributed by atoms with Gasteiger partial charge >= 0.3 is 11.9 Å². The summed E-state index contributed by atoms with van der Waals surface area (Å²) in [7, 11) is -3.76. The molecule has 0 aliphatic carbocycles. The molecule has 1 aromatic heterocycles. The highest BCUT2D eigenvalue weighted by atomic mass is 35.5. The van der Waals surface area contributed by atoms with Crippen molar-refractivity contribution < 1.29 is 27.3 Å². The van der Waals surface area contributed by atoms with Crippen LogP contribution in [0.5, 0.6) is 0 Å². The second-order valence-corrected chi connectivity index (χ2v) is 12.2. The van der Waals surface area contributed by atoms with Gasteiger partial charge in [-0.05, 0) is 54.8 Å². The Balaban J connectivity index is 1.91. The Hall–Kier alpha value is -2.38. The van der Waals surface area contributed by atoms with E-state index in [2.05, 4.69) is 10.7 Å². The Morgan fingerprint density at radius 3 is 2.50 bits per heavy atom. The smallest absolute Gasteiger partial charge is 0.356 e. The van der Waals surface area contributed by atoms with Gasteiger partial charge in [0.15, 0.2) is 9.84 Å². The van der Waals surface area contributed by atoms with Crippen LogP contribution in [0.4, 0.5) is 13.2 Å². The van der Waals surface area contributed by atoms with Gasteiger partial charge in [0.2, 0.25) is 0 Å². The van der Waals surface area contributed by atoms with E-state index in [1.165, 1.54) is 25.1 Å². The van der Waals surface area contributed by atoms with Crippen LogP contribution in [0.15, 0.2) is 38.8 Å². The molecule has 1 atom stereocenters. The van der Waals surface area contributed by atoms with Crippen LogP contribution < -0.4 is 17.0 Å². The molecule has 0 radical (unpaired) electrons. The molecule has 38 heavy (non-hydrogen) atoms. The third-order valence-corrected chi connectivity index (χ3v) is 9.37. The van der Waals surface area contributed by atoms with E-state index in [1.807, 2.05) is 4.90 Å². The zero-order valence-electron chi connectivity index (χ0n) is 20.4. The van der Waals surface area contributed by atoms with Crippen molar-refractivity contribution in [1.29, 1.82) is 0 Å². The standard InChI is InChI=1S/C24H25Cl2F3N4O4S/c1-2-38(36,37)19-6-5-14(25)8-13(19)11-33-22(34)16-9-18(24(27,28)29)17(20(26)21(16)31-23(33)35)12-32-7-3-4-15(32)10-30/h5-6,8-9,15H,2-4,7,10-12,30H2,1H3,(H,31,35)/p+1. The van der Waals surface area contributed by atoms with E-state index < -0.39 is 44.8 Å². The summed E-state index contributed by atoms with van der Waals surface area (Å²) in [4.78, 5) is 30.5. The fourth-order valence-electron chi connectivity index (χ4n) is 4.88. The maximum Gasteiger partial charge on any atom is 0.416 e. The average molecular weight is 594 g/mol. The predicted molar refractivity (Wildman–Crippen MR) is 138 cm³/mol. The summed E-state index contributed by atoms with van der Waals surface area (Å²) in [6.45, 7) is 1.89.